The first-order valence-corrected chi connectivity index (χ1v) is 12.2. The molecule has 0 bridgehead atoms. The van der Waals surface area contributed by atoms with Crippen molar-refractivity contribution in [2.75, 3.05) is 50.4 Å². The number of hydrogen-bond acceptors (Lipinski definition) is 7. The molecule has 3 aromatic rings. The fourth-order valence-electron chi connectivity index (χ4n) is 4.74. The Morgan fingerprint density at radius 2 is 1.76 bits per heavy atom. The molecule has 12 heteroatoms. The molecular formula is C25H30F3N7O2. The highest BCUT2D eigenvalue weighted by atomic mass is 19.4. The van der Waals surface area contributed by atoms with Crippen molar-refractivity contribution in [2.45, 2.75) is 38.5 Å². The molecule has 3 N–H and O–H groups in total. The van der Waals surface area contributed by atoms with Gasteiger partial charge in [0.1, 0.15) is 5.52 Å². The molecule has 2 saturated heterocycles. The van der Waals surface area contributed by atoms with E-state index >= 15 is 0 Å². The lowest BCUT2D eigenvalue weighted by Gasteiger charge is -2.42. The SMILES string of the molecule is Cc1cn2nc(C(=O)N3CCN(C4COC4)CC3)cc2c(NC(C)(C)c2cc(N)cc(C(F)(F)F)c2)n1. The highest BCUT2D eigenvalue weighted by Gasteiger charge is 2.34. The predicted octanol–water partition coefficient (Wildman–Crippen LogP) is 3.14. The van der Waals surface area contributed by atoms with E-state index in [0.717, 1.165) is 38.4 Å². The Morgan fingerprint density at radius 1 is 1.08 bits per heavy atom. The van der Waals surface area contributed by atoms with Gasteiger partial charge in [0.25, 0.3) is 5.91 Å². The molecule has 1 amide bonds. The van der Waals surface area contributed by atoms with Crippen LogP contribution < -0.4 is 11.1 Å². The summed E-state index contributed by atoms with van der Waals surface area (Å²) < 4.78 is 47.0. The minimum atomic E-state index is -4.52. The van der Waals surface area contributed by atoms with Crippen LogP contribution >= 0.6 is 0 Å². The van der Waals surface area contributed by atoms with Gasteiger partial charge in [-0.3, -0.25) is 9.69 Å². The summed E-state index contributed by atoms with van der Waals surface area (Å²) in [6, 6.07) is 5.61. The number of halogens is 3. The largest absolute Gasteiger partial charge is 0.416 e. The number of amides is 1. The predicted molar refractivity (Wildman–Crippen MR) is 132 cm³/mol. The van der Waals surface area contributed by atoms with Crippen LogP contribution in [0.4, 0.5) is 24.7 Å². The zero-order valence-electron chi connectivity index (χ0n) is 21.0. The van der Waals surface area contributed by atoms with Crippen molar-refractivity contribution in [3.05, 3.63) is 53.0 Å². The van der Waals surface area contributed by atoms with Crippen LogP contribution in [0.2, 0.25) is 0 Å². The van der Waals surface area contributed by atoms with Gasteiger partial charge in [-0.05, 0) is 44.5 Å². The Morgan fingerprint density at radius 3 is 2.38 bits per heavy atom. The molecule has 4 heterocycles. The third kappa shape index (κ3) is 5.08. The van der Waals surface area contributed by atoms with E-state index in [-0.39, 0.29) is 17.3 Å². The normalized spacial score (nSPS) is 17.7. The average molecular weight is 518 g/mol. The number of rotatable bonds is 5. The summed E-state index contributed by atoms with van der Waals surface area (Å²) in [5, 5.41) is 7.75. The first kappa shape index (κ1) is 25.3. The van der Waals surface area contributed by atoms with Gasteiger partial charge < -0.3 is 20.7 Å². The molecule has 198 valence electrons. The number of nitrogens with zero attached hydrogens (tertiary/aromatic N) is 5. The van der Waals surface area contributed by atoms with E-state index in [1.165, 1.54) is 6.07 Å². The highest BCUT2D eigenvalue weighted by Crippen LogP contribution is 2.35. The number of aryl methyl sites for hydroxylation is 1. The minimum absolute atomic E-state index is 0.0178. The maximum absolute atomic E-state index is 13.4. The van der Waals surface area contributed by atoms with E-state index in [2.05, 4.69) is 20.3 Å². The number of alkyl halides is 3. The lowest BCUT2D eigenvalue weighted by atomic mass is 9.92. The van der Waals surface area contributed by atoms with Crippen LogP contribution in [0.5, 0.6) is 0 Å². The zero-order valence-corrected chi connectivity index (χ0v) is 21.0. The van der Waals surface area contributed by atoms with Crippen LogP contribution in [0.3, 0.4) is 0 Å². The Balaban J connectivity index is 1.40. The van der Waals surface area contributed by atoms with Crippen LogP contribution in [0.15, 0.2) is 30.5 Å². The molecule has 5 rings (SSSR count). The van der Waals surface area contributed by atoms with Crippen molar-refractivity contribution in [2.24, 2.45) is 0 Å². The van der Waals surface area contributed by atoms with Gasteiger partial charge in [0.2, 0.25) is 0 Å². The van der Waals surface area contributed by atoms with E-state index < -0.39 is 17.3 Å². The number of nitrogens with two attached hydrogens (primary N) is 1. The Labute approximate surface area is 212 Å². The molecule has 0 spiro atoms. The topological polar surface area (TPSA) is 101 Å². The lowest BCUT2D eigenvalue weighted by molar-refractivity contribution is -0.137. The van der Waals surface area contributed by atoms with Crippen LogP contribution in [-0.4, -0.2) is 75.7 Å². The molecule has 0 aliphatic carbocycles. The van der Waals surface area contributed by atoms with E-state index in [9.17, 15) is 18.0 Å². The molecule has 37 heavy (non-hydrogen) atoms. The van der Waals surface area contributed by atoms with Crippen LogP contribution in [0, 0.1) is 6.92 Å². The molecule has 2 aliphatic rings. The lowest BCUT2D eigenvalue weighted by Crippen LogP contribution is -2.57. The van der Waals surface area contributed by atoms with Gasteiger partial charge in [-0.15, -0.1) is 0 Å². The monoisotopic (exact) mass is 517 g/mol. The fraction of sp³-hybridized carbons (Fsp3) is 0.480. The number of fused-ring (bicyclic) bond motifs is 1. The van der Waals surface area contributed by atoms with Gasteiger partial charge in [-0.1, -0.05) is 0 Å². The summed E-state index contributed by atoms with van der Waals surface area (Å²) in [6.45, 7) is 9.55. The average Bonchev–Trinajstić information content (AvgIpc) is 3.21. The number of ether oxygens (including phenoxy) is 1. The molecule has 2 aromatic heterocycles. The number of aromatic nitrogens is 3. The molecule has 0 saturated carbocycles. The summed E-state index contributed by atoms with van der Waals surface area (Å²) >= 11 is 0. The summed E-state index contributed by atoms with van der Waals surface area (Å²) in [6.07, 6.45) is -2.81. The minimum Gasteiger partial charge on any atom is -0.399 e. The molecule has 0 unspecified atom stereocenters. The van der Waals surface area contributed by atoms with Crippen molar-refractivity contribution in [3.8, 4) is 0 Å². The number of anilines is 2. The van der Waals surface area contributed by atoms with Crippen molar-refractivity contribution in [1.29, 1.82) is 0 Å². The Hall–Kier alpha value is -3.38. The fourth-order valence-corrected chi connectivity index (χ4v) is 4.74. The first-order valence-electron chi connectivity index (χ1n) is 12.2. The van der Waals surface area contributed by atoms with Gasteiger partial charge in [0.05, 0.1) is 42.2 Å². The second-order valence-electron chi connectivity index (χ2n) is 10.2. The number of nitrogen functional groups attached to an aromatic ring is 1. The Bertz CT molecular complexity index is 1330. The summed E-state index contributed by atoms with van der Waals surface area (Å²) in [5.74, 6) is 0.240. The summed E-state index contributed by atoms with van der Waals surface area (Å²) in [4.78, 5) is 21.9. The molecular weight excluding hydrogens is 487 g/mol. The van der Waals surface area contributed by atoms with Crippen molar-refractivity contribution in [1.82, 2.24) is 24.4 Å². The van der Waals surface area contributed by atoms with E-state index in [1.54, 1.807) is 42.4 Å². The quantitative estimate of drug-likeness (QED) is 0.502. The number of piperazine rings is 1. The van der Waals surface area contributed by atoms with E-state index in [4.69, 9.17) is 10.5 Å². The van der Waals surface area contributed by atoms with Crippen LogP contribution in [0.1, 0.15) is 41.2 Å². The number of carbonyl (C=O) groups is 1. The maximum Gasteiger partial charge on any atom is 0.416 e. The van der Waals surface area contributed by atoms with Crippen LogP contribution in [-0.2, 0) is 16.5 Å². The standard InChI is InChI=1S/C25H30F3N7O2/c1-15-12-35-21(11-20(32-35)23(36)34-6-4-33(5-7-34)19-13-37-14-19)22(30-15)31-24(2,3)16-8-17(25(26,27)28)10-18(29)9-16/h8-12,19H,4-7,13-14,29H2,1-3H3,(H,30,31). The Kier molecular flexibility index (Phi) is 6.27. The van der Waals surface area contributed by atoms with Crippen molar-refractivity contribution >= 4 is 22.9 Å². The van der Waals surface area contributed by atoms with Crippen molar-refractivity contribution < 1.29 is 22.7 Å². The molecule has 1 aromatic carbocycles. The molecule has 0 radical (unpaired) electrons. The second kappa shape index (κ2) is 9.18. The van der Waals surface area contributed by atoms with Gasteiger partial charge in [-0.2, -0.15) is 18.3 Å². The van der Waals surface area contributed by atoms with E-state index in [1.807, 2.05) is 0 Å². The zero-order chi connectivity index (χ0) is 26.5. The van der Waals surface area contributed by atoms with E-state index in [0.29, 0.717) is 41.7 Å². The van der Waals surface area contributed by atoms with Gasteiger partial charge in [0.15, 0.2) is 11.5 Å². The number of benzene rings is 1. The molecule has 0 atom stereocenters. The second-order valence-corrected chi connectivity index (χ2v) is 10.2. The smallest absolute Gasteiger partial charge is 0.399 e. The third-order valence-corrected chi connectivity index (χ3v) is 6.97. The number of nitrogens with one attached hydrogen (secondary N) is 1. The first-order chi connectivity index (χ1) is 17.4. The maximum atomic E-state index is 13.4. The molecule has 9 nitrogen and oxygen atoms in total. The number of carbonyl (C=O) groups excluding carboxylic acids is 1. The van der Waals surface area contributed by atoms with Gasteiger partial charge in [0, 0.05) is 37.9 Å². The molecule has 2 aliphatic heterocycles. The van der Waals surface area contributed by atoms with Crippen LogP contribution in [0.25, 0.3) is 5.52 Å². The highest BCUT2D eigenvalue weighted by molar-refractivity contribution is 5.94. The number of hydrogen-bond donors (Lipinski definition) is 2. The van der Waals surface area contributed by atoms with Gasteiger partial charge in [-0.25, -0.2) is 9.50 Å². The summed E-state index contributed by atoms with van der Waals surface area (Å²) in [5.41, 5.74) is 5.85. The molecule has 2 fully saturated rings. The summed E-state index contributed by atoms with van der Waals surface area (Å²) in [7, 11) is 0. The van der Waals surface area contributed by atoms with Crippen molar-refractivity contribution in [3.63, 3.8) is 0 Å². The van der Waals surface area contributed by atoms with Gasteiger partial charge >= 0.3 is 6.18 Å². The third-order valence-electron chi connectivity index (χ3n) is 6.97.